The molecule has 0 atom stereocenters. The number of carbonyl (C=O) groups excluding carboxylic acids is 1. The lowest BCUT2D eigenvalue weighted by molar-refractivity contribution is 0.0952. The molecule has 1 amide bonds. The summed E-state index contributed by atoms with van der Waals surface area (Å²) in [4.78, 5) is 11.9. The molecule has 0 unspecified atom stereocenters. The first kappa shape index (κ1) is 17.1. The van der Waals surface area contributed by atoms with E-state index in [2.05, 4.69) is 17.1 Å². The monoisotopic (exact) mass is 326 g/mol. The Hall–Kier alpha value is -3.28. The molecule has 0 bridgehead atoms. The van der Waals surface area contributed by atoms with Crippen LogP contribution in [-0.4, -0.2) is 29.4 Å². The molecule has 3 N–H and O–H groups in total. The van der Waals surface area contributed by atoms with Crippen molar-refractivity contribution in [2.75, 3.05) is 7.11 Å². The molecule has 2 rings (SSSR count). The van der Waals surface area contributed by atoms with Crippen molar-refractivity contribution in [3.05, 3.63) is 65.7 Å². The predicted molar refractivity (Wildman–Crippen MR) is 91.7 cm³/mol. The highest BCUT2D eigenvalue weighted by Gasteiger charge is 2.10. The van der Waals surface area contributed by atoms with Gasteiger partial charge in [-0.1, -0.05) is 18.2 Å². The van der Waals surface area contributed by atoms with Gasteiger partial charge in [-0.15, -0.1) is 6.58 Å². The van der Waals surface area contributed by atoms with Gasteiger partial charge >= 0.3 is 0 Å². The number of phenolic OH excluding ortho intramolecular Hbond substituents is 2. The number of hydrazone groups is 1. The molecular weight excluding hydrogens is 308 g/mol. The molecule has 0 aliphatic heterocycles. The maximum absolute atomic E-state index is 11.9. The van der Waals surface area contributed by atoms with Crippen molar-refractivity contribution in [1.82, 2.24) is 5.43 Å². The van der Waals surface area contributed by atoms with Crippen LogP contribution in [0.4, 0.5) is 0 Å². The zero-order chi connectivity index (χ0) is 17.5. The summed E-state index contributed by atoms with van der Waals surface area (Å²) in [6.45, 7) is 3.64. The van der Waals surface area contributed by atoms with Crippen LogP contribution in [0.25, 0.3) is 0 Å². The molecule has 2 aromatic rings. The number of allylic oxidation sites excluding steroid dienone is 1. The first-order chi connectivity index (χ1) is 11.6. The SMILES string of the molecule is C=CCc1cc(/C=N\NC(=O)c2ccccc2O)cc(OC)c1O. The van der Waals surface area contributed by atoms with Gasteiger partial charge in [0.25, 0.3) is 5.91 Å². The van der Waals surface area contributed by atoms with E-state index in [1.807, 2.05) is 0 Å². The Bertz CT molecular complexity index is 785. The molecular formula is C18H18N2O4. The van der Waals surface area contributed by atoms with Gasteiger partial charge in [-0.05, 0) is 36.2 Å². The first-order valence-electron chi connectivity index (χ1n) is 7.19. The molecule has 0 spiro atoms. The maximum atomic E-state index is 11.9. The van der Waals surface area contributed by atoms with Crippen LogP contribution in [0.3, 0.4) is 0 Å². The Kier molecular flexibility index (Phi) is 5.57. The fourth-order valence-electron chi connectivity index (χ4n) is 2.12. The number of phenols is 2. The lowest BCUT2D eigenvalue weighted by Gasteiger charge is -2.09. The summed E-state index contributed by atoms with van der Waals surface area (Å²) in [7, 11) is 1.45. The summed E-state index contributed by atoms with van der Waals surface area (Å²) in [5.41, 5.74) is 3.74. The zero-order valence-corrected chi connectivity index (χ0v) is 13.2. The number of amides is 1. The highest BCUT2D eigenvalue weighted by atomic mass is 16.5. The molecule has 0 radical (unpaired) electrons. The third-order valence-electron chi connectivity index (χ3n) is 3.29. The van der Waals surface area contributed by atoms with Crippen molar-refractivity contribution in [3.63, 3.8) is 0 Å². The molecule has 0 saturated carbocycles. The number of methoxy groups -OCH3 is 1. The predicted octanol–water partition coefficient (Wildman–Crippen LogP) is 2.60. The third-order valence-corrected chi connectivity index (χ3v) is 3.29. The van der Waals surface area contributed by atoms with E-state index in [0.29, 0.717) is 23.3 Å². The van der Waals surface area contributed by atoms with Gasteiger partial charge in [-0.2, -0.15) is 5.10 Å². The fourth-order valence-corrected chi connectivity index (χ4v) is 2.12. The maximum Gasteiger partial charge on any atom is 0.275 e. The van der Waals surface area contributed by atoms with Crippen molar-refractivity contribution < 1.29 is 19.7 Å². The molecule has 6 heteroatoms. The number of hydrogen-bond acceptors (Lipinski definition) is 5. The van der Waals surface area contributed by atoms with E-state index in [9.17, 15) is 15.0 Å². The zero-order valence-electron chi connectivity index (χ0n) is 13.2. The number of aromatic hydroxyl groups is 2. The molecule has 0 heterocycles. The number of hydrogen-bond donors (Lipinski definition) is 3. The van der Waals surface area contributed by atoms with Gasteiger partial charge < -0.3 is 14.9 Å². The minimum absolute atomic E-state index is 0.0489. The standard InChI is InChI=1S/C18H18N2O4/c1-3-6-13-9-12(10-16(24-2)17(13)22)11-19-20-18(23)14-7-4-5-8-15(14)21/h3-5,7-11,21-22H,1,6H2,2H3,(H,20,23)/b19-11-. The van der Waals surface area contributed by atoms with Crippen LogP contribution in [-0.2, 0) is 6.42 Å². The van der Waals surface area contributed by atoms with Crippen molar-refractivity contribution in [2.24, 2.45) is 5.10 Å². The third kappa shape index (κ3) is 3.92. The van der Waals surface area contributed by atoms with Crippen LogP contribution in [0.2, 0.25) is 0 Å². The number of ether oxygens (including phenoxy) is 1. The number of benzene rings is 2. The lowest BCUT2D eigenvalue weighted by Crippen LogP contribution is -2.17. The normalized spacial score (nSPS) is 10.5. The number of nitrogens with one attached hydrogen (secondary N) is 1. The second-order valence-corrected chi connectivity index (χ2v) is 4.94. The van der Waals surface area contributed by atoms with Gasteiger partial charge in [-0.3, -0.25) is 4.79 Å². The molecule has 2 aromatic carbocycles. The van der Waals surface area contributed by atoms with Crippen LogP contribution in [0.5, 0.6) is 17.2 Å². The Morgan fingerprint density at radius 1 is 1.33 bits per heavy atom. The Morgan fingerprint density at radius 3 is 2.75 bits per heavy atom. The summed E-state index contributed by atoms with van der Waals surface area (Å²) >= 11 is 0. The van der Waals surface area contributed by atoms with Gasteiger partial charge in [0.15, 0.2) is 11.5 Å². The molecule has 0 aromatic heterocycles. The summed E-state index contributed by atoms with van der Waals surface area (Å²) in [5.74, 6) is -0.290. The number of para-hydroxylation sites is 1. The van der Waals surface area contributed by atoms with Gasteiger partial charge in [0.2, 0.25) is 0 Å². The van der Waals surface area contributed by atoms with E-state index in [1.54, 1.807) is 30.3 Å². The number of rotatable bonds is 6. The van der Waals surface area contributed by atoms with E-state index in [4.69, 9.17) is 4.74 Å². The van der Waals surface area contributed by atoms with Crippen molar-refractivity contribution in [2.45, 2.75) is 6.42 Å². The average molecular weight is 326 g/mol. The minimum atomic E-state index is -0.526. The van der Waals surface area contributed by atoms with E-state index < -0.39 is 5.91 Å². The summed E-state index contributed by atoms with van der Waals surface area (Å²) in [5, 5.41) is 23.5. The van der Waals surface area contributed by atoms with Gasteiger partial charge in [0.05, 0.1) is 18.9 Å². The minimum Gasteiger partial charge on any atom is -0.507 e. The molecule has 124 valence electrons. The number of carbonyl (C=O) groups is 1. The molecule has 0 aliphatic rings. The van der Waals surface area contributed by atoms with Crippen LogP contribution >= 0.6 is 0 Å². The summed E-state index contributed by atoms with van der Waals surface area (Å²) in [6.07, 6.45) is 3.55. The van der Waals surface area contributed by atoms with Gasteiger partial charge in [0, 0.05) is 5.56 Å². The molecule has 24 heavy (non-hydrogen) atoms. The molecule has 0 aliphatic carbocycles. The van der Waals surface area contributed by atoms with Crippen LogP contribution < -0.4 is 10.2 Å². The van der Waals surface area contributed by atoms with E-state index in [0.717, 1.165) is 0 Å². The van der Waals surface area contributed by atoms with E-state index in [-0.39, 0.29) is 17.1 Å². The van der Waals surface area contributed by atoms with Crippen molar-refractivity contribution in [3.8, 4) is 17.2 Å². The molecule has 6 nitrogen and oxygen atoms in total. The largest absolute Gasteiger partial charge is 0.507 e. The Balaban J connectivity index is 2.17. The highest BCUT2D eigenvalue weighted by molar-refractivity contribution is 5.97. The summed E-state index contributed by atoms with van der Waals surface area (Å²) < 4.78 is 5.12. The van der Waals surface area contributed by atoms with E-state index >= 15 is 0 Å². The van der Waals surface area contributed by atoms with Crippen molar-refractivity contribution in [1.29, 1.82) is 0 Å². The van der Waals surface area contributed by atoms with E-state index in [1.165, 1.54) is 25.5 Å². The van der Waals surface area contributed by atoms with Crippen LogP contribution in [0.1, 0.15) is 21.5 Å². The first-order valence-corrected chi connectivity index (χ1v) is 7.19. The fraction of sp³-hybridized carbons (Fsp3) is 0.111. The summed E-state index contributed by atoms with van der Waals surface area (Å²) in [6, 6.07) is 9.49. The Labute approximate surface area is 139 Å². The smallest absolute Gasteiger partial charge is 0.275 e. The average Bonchev–Trinajstić information content (AvgIpc) is 2.58. The molecule has 0 fully saturated rings. The number of nitrogens with zero attached hydrogens (tertiary/aromatic N) is 1. The van der Waals surface area contributed by atoms with Crippen molar-refractivity contribution >= 4 is 12.1 Å². The quantitative estimate of drug-likeness (QED) is 0.432. The van der Waals surface area contributed by atoms with Crippen LogP contribution in [0.15, 0.2) is 54.2 Å². The van der Waals surface area contributed by atoms with Gasteiger partial charge in [-0.25, -0.2) is 5.43 Å². The van der Waals surface area contributed by atoms with Crippen LogP contribution in [0, 0.1) is 0 Å². The second kappa shape index (κ2) is 7.82. The lowest BCUT2D eigenvalue weighted by atomic mass is 10.1. The molecule has 0 saturated heterocycles. The Morgan fingerprint density at radius 2 is 2.08 bits per heavy atom. The topological polar surface area (TPSA) is 91.2 Å². The second-order valence-electron chi connectivity index (χ2n) is 4.94. The van der Waals surface area contributed by atoms with Gasteiger partial charge in [0.1, 0.15) is 5.75 Å². The highest BCUT2D eigenvalue weighted by Crippen LogP contribution is 2.31.